The molecule has 0 spiro atoms. The molecule has 0 aromatic heterocycles. The van der Waals surface area contributed by atoms with Crippen molar-refractivity contribution in [2.45, 2.75) is 4.90 Å². The van der Waals surface area contributed by atoms with Crippen LogP contribution in [0.3, 0.4) is 0 Å². The lowest BCUT2D eigenvalue weighted by molar-refractivity contribution is 0.174. The summed E-state index contributed by atoms with van der Waals surface area (Å²) in [5.41, 5.74) is 7.84. The van der Waals surface area contributed by atoms with Gasteiger partial charge in [-0.3, -0.25) is 0 Å². The fraction of sp³-hybridized carbons (Fsp3) is 0. The van der Waals surface area contributed by atoms with Gasteiger partial charge in [-0.2, -0.15) is 0 Å². The minimum Gasteiger partial charge on any atom is -0.346 e. The number of benzene rings is 1. The third kappa shape index (κ3) is 2.46. The van der Waals surface area contributed by atoms with Crippen molar-refractivity contribution in [2.75, 3.05) is 0 Å². The van der Waals surface area contributed by atoms with Crippen molar-refractivity contribution in [1.82, 2.24) is 0 Å². The van der Waals surface area contributed by atoms with Gasteiger partial charge in [0.1, 0.15) is 5.28 Å². The smallest absolute Gasteiger partial charge is 0.346 e. The number of hydrogen-bond donors (Lipinski definition) is 0. The van der Waals surface area contributed by atoms with Gasteiger partial charge in [0.25, 0.3) is 9.84 Å². The first-order chi connectivity index (χ1) is 7.09. The first-order valence-electron chi connectivity index (χ1n) is 3.64. The molecule has 0 aliphatic rings. The minimum atomic E-state index is -4.24. The number of rotatable bonds is 2. The highest BCUT2D eigenvalue weighted by molar-refractivity contribution is 8.05. The third-order valence-corrected chi connectivity index (χ3v) is 2.83. The second-order valence-corrected chi connectivity index (χ2v) is 4.14. The van der Waals surface area contributed by atoms with E-state index >= 15 is 0 Å². The van der Waals surface area contributed by atoms with Gasteiger partial charge in [0.15, 0.2) is 0 Å². The number of carbonyl (C=O) groups is 1. The van der Waals surface area contributed by atoms with Crippen molar-refractivity contribution in [3.63, 3.8) is 0 Å². The van der Waals surface area contributed by atoms with E-state index < -0.39 is 15.1 Å². The summed E-state index contributed by atoms with van der Waals surface area (Å²) in [6.07, 6.45) is 0. The van der Waals surface area contributed by atoms with E-state index in [0.717, 1.165) is 0 Å². The van der Waals surface area contributed by atoms with Crippen LogP contribution in [0, 0.1) is 0 Å². The molecule has 78 valence electrons. The van der Waals surface area contributed by atoms with Gasteiger partial charge in [-0.25, -0.2) is 13.2 Å². The molecule has 7 nitrogen and oxygen atoms in total. The van der Waals surface area contributed by atoms with E-state index in [1.54, 1.807) is 6.07 Å². The summed E-state index contributed by atoms with van der Waals surface area (Å²) in [7, 11) is -4.24. The zero-order valence-electron chi connectivity index (χ0n) is 7.27. The van der Waals surface area contributed by atoms with E-state index in [4.69, 9.17) is 5.53 Å². The van der Waals surface area contributed by atoms with Crippen LogP contribution in [0.1, 0.15) is 0 Å². The Balaban J connectivity index is 3.04. The van der Waals surface area contributed by atoms with Crippen LogP contribution in [-0.2, 0) is 14.7 Å². The summed E-state index contributed by atoms with van der Waals surface area (Å²) in [4.78, 5) is 16.6. The van der Waals surface area contributed by atoms with E-state index in [1.807, 2.05) is 0 Å². The first kappa shape index (κ1) is 11.0. The number of carbonyl (C=O) groups excluding carboxylic acids is 1. The lowest BCUT2D eigenvalue weighted by atomic mass is 10.4. The number of sulfone groups is 1. The minimum absolute atomic E-state index is 0.219. The van der Waals surface area contributed by atoms with Gasteiger partial charge in [-0.05, 0) is 17.7 Å². The predicted octanol–water partition coefficient (Wildman–Crippen LogP) is 1.82. The Labute approximate surface area is 84.8 Å². The number of nitrogens with zero attached hydrogens (tertiary/aromatic N) is 3. The molecule has 0 saturated carbocycles. The monoisotopic (exact) mass is 227 g/mol. The van der Waals surface area contributed by atoms with Crippen molar-refractivity contribution in [1.29, 1.82) is 0 Å². The van der Waals surface area contributed by atoms with Crippen LogP contribution < -0.4 is 0 Å². The summed E-state index contributed by atoms with van der Waals surface area (Å²) in [6.45, 7) is 0. The maximum atomic E-state index is 11.4. The quantitative estimate of drug-likeness (QED) is 0.332. The Kier molecular flexibility index (Phi) is 3.27. The zero-order chi connectivity index (χ0) is 11.3. The van der Waals surface area contributed by atoms with Gasteiger partial charge < -0.3 is 4.84 Å². The average Bonchev–Trinajstić information content (AvgIpc) is 2.27. The summed E-state index contributed by atoms with van der Waals surface area (Å²) in [5, 5.41) is 0.810. The summed E-state index contributed by atoms with van der Waals surface area (Å²) in [5.74, 6) is 0. The Morgan fingerprint density at radius 2 is 1.93 bits per heavy atom. The molecule has 1 aromatic rings. The van der Waals surface area contributed by atoms with Crippen LogP contribution in [0.15, 0.2) is 40.5 Å². The van der Waals surface area contributed by atoms with Crippen LogP contribution in [0.4, 0.5) is 4.79 Å². The van der Waals surface area contributed by atoms with E-state index in [1.165, 1.54) is 24.3 Å². The Morgan fingerprint density at radius 1 is 1.33 bits per heavy atom. The molecule has 0 unspecified atom stereocenters. The second kappa shape index (κ2) is 4.45. The van der Waals surface area contributed by atoms with Crippen molar-refractivity contribution >= 4 is 15.1 Å². The van der Waals surface area contributed by atoms with Gasteiger partial charge in [-0.15, -0.1) is 0 Å². The summed E-state index contributed by atoms with van der Waals surface area (Å²) in [6, 6.07) is 6.96. The molecule has 0 amide bonds. The molecule has 0 saturated heterocycles. The largest absolute Gasteiger partial charge is 0.441 e. The van der Waals surface area contributed by atoms with Crippen LogP contribution in [0.2, 0.25) is 0 Å². The van der Waals surface area contributed by atoms with Crippen LogP contribution in [0.25, 0.3) is 10.4 Å². The highest BCUT2D eigenvalue weighted by Gasteiger charge is 2.26. The van der Waals surface area contributed by atoms with Crippen LogP contribution in [0.5, 0.6) is 0 Å². The Hall–Kier alpha value is -2.05. The van der Waals surface area contributed by atoms with Crippen molar-refractivity contribution in [3.05, 3.63) is 40.8 Å². The Morgan fingerprint density at radius 3 is 2.47 bits per heavy atom. The van der Waals surface area contributed by atoms with Crippen LogP contribution in [-0.4, -0.2) is 13.7 Å². The highest BCUT2D eigenvalue weighted by atomic mass is 32.2. The Bertz CT molecular complexity index is 504. The van der Waals surface area contributed by atoms with Crippen molar-refractivity contribution in [3.8, 4) is 0 Å². The molecule has 15 heavy (non-hydrogen) atoms. The van der Waals surface area contributed by atoms with E-state index in [-0.39, 0.29) is 4.90 Å². The molecule has 1 rings (SSSR count). The molecule has 0 N–H and O–H groups in total. The third-order valence-electron chi connectivity index (χ3n) is 1.42. The molecule has 0 atom stereocenters. The molecule has 0 radical (unpaired) electrons. The van der Waals surface area contributed by atoms with Crippen molar-refractivity contribution in [2.24, 2.45) is 5.28 Å². The lowest BCUT2D eigenvalue weighted by Gasteiger charge is -1.99. The first-order valence-corrected chi connectivity index (χ1v) is 5.13. The molecule has 8 heteroatoms. The lowest BCUT2D eigenvalue weighted by Crippen LogP contribution is -2.13. The molecule has 0 aliphatic carbocycles. The molecule has 0 aliphatic heterocycles. The molecule has 0 fully saturated rings. The predicted molar refractivity (Wildman–Crippen MR) is 49.3 cm³/mol. The summed E-state index contributed by atoms with van der Waals surface area (Å²) < 4.78 is 22.8. The second-order valence-electron chi connectivity index (χ2n) is 2.33. The van der Waals surface area contributed by atoms with Crippen LogP contribution >= 0.6 is 0 Å². The molecular weight excluding hydrogens is 222 g/mol. The standard InChI is InChI=1S/C7H5N3O4S/c8-9-10-14-7(11)15(12,13)6-4-2-1-3-5-6/h1-5H. The fourth-order valence-electron chi connectivity index (χ4n) is 0.797. The maximum Gasteiger partial charge on any atom is 0.441 e. The van der Waals surface area contributed by atoms with Gasteiger partial charge in [0.2, 0.25) is 0 Å². The van der Waals surface area contributed by atoms with E-state index in [9.17, 15) is 13.2 Å². The topological polar surface area (TPSA) is 109 Å². The fourth-order valence-corrected chi connectivity index (χ4v) is 1.64. The van der Waals surface area contributed by atoms with Gasteiger partial charge in [0, 0.05) is 4.91 Å². The van der Waals surface area contributed by atoms with Gasteiger partial charge in [-0.1, -0.05) is 18.2 Å². The summed E-state index contributed by atoms with van der Waals surface area (Å²) >= 11 is 0. The number of azide groups is 1. The zero-order valence-corrected chi connectivity index (χ0v) is 8.09. The van der Waals surface area contributed by atoms with Gasteiger partial charge in [0.05, 0.1) is 4.90 Å². The van der Waals surface area contributed by atoms with Crippen molar-refractivity contribution < 1.29 is 18.0 Å². The van der Waals surface area contributed by atoms with E-state index in [2.05, 4.69) is 15.0 Å². The molecule has 0 bridgehead atoms. The normalized spacial score (nSPS) is 10.1. The SMILES string of the molecule is [N-]=[N+]=NOC(=O)S(=O)(=O)c1ccccc1. The highest BCUT2D eigenvalue weighted by Crippen LogP contribution is 2.12. The van der Waals surface area contributed by atoms with E-state index in [0.29, 0.717) is 0 Å². The molecule has 0 heterocycles. The average molecular weight is 227 g/mol. The van der Waals surface area contributed by atoms with Gasteiger partial charge >= 0.3 is 5.30 Å². The molecule has 1 aromatic carbocycles. The number of hydrogen-bond acceptors (Lipinski definition) is 5. The maximum absolute atomic E-state index is 11.4. The molecular formula is C7H5N3O4S.